The Balaban J connectivity index is 0. The van der Waals surface area contributed by atoms with E-state index >= 15 is 0 Å². The first-order valence-electron chi connectivity index (χ1n) is 2.03. The van der Waals surface area contributed by atoms with Crippen molar-refractivity contribution in [1.29, 1.82) is 0 Å². The van der Waals surface area contributed by atoms with E-state index in [-0.39, 0.29) is 43.5 Å². The van der Waals surface area contributed by atoms with Gasteiger partial charge in [0.2, 0.25) is 0 Å². The topological polar surface area (TPSA) is 23.1 Å². The summed E-state index contributed by atoms with van der Waals surface area (Å²) in [5.74, 6) is 0.0405. The van der Waals surface area contributed by atoms with E-state index in [1.54, 1.807) is 12.1 Å². The zero-order valence-electron chi connectivity index (χ0n) is 5.72. The maximum Gasteiger partial charge on any atom is 1.00 e. The van der Waals surface area contributed by atoms with Gasteiger partial charge in [-0.1, -0.05) is 0 Å². The summed E-state index contributed by atoms with van der Waals surface area (Å²) in [5, 5.41) is 10.2. The molecule has 36 valence electrons. The van der Waals surface area contributed by atoms with Crippen LogP contribution in [0.2, 0.25) is 0 Å². The van der Waals surface area contributed by atoms with E-state index in [1.807, 2.05) is 0 Å². The van der Waals surface area contributed by atoms with Crippen molar-refractivity contribution in [2.75, 3.05) is 0 Å². The Hall–Kier alpha value is 0.215. The summed E-state index contributed by atoms with van der Waals surface area (Å²) in [5.41, 5.74) is 0. The van der Waals surface area contributed by atoms with Crippen molar-refractivity contribution in [2.24, 2.45) is 0 Å². The summed E-state index contributed by atoms with van der Waals surface area (Å²) in [4.78, 5) is 0. The maximum absolute atomic E-state index is 10.2. The minimum atomic E-state index is 0. The van der Waals surface area contributed by atoms with E-state index in [1.165, 1.54) is 12.1 Å². The molecule has 0 radical (unpaired) electrons. The molecule has 0 unspecified atom stereocenters. The van der Waals surface area contributed by atoms with E-state index in [2.05, 4.69) is 6.07 Å². The zero-order chi connectivity index (χ0) is 5.11. The van der Waals surface area contributed by atoms with Gasteiger partial charge in [0.25, 0.3) is 0 Å². The molecule has 0 aliphatic heterocycles. The van der Waals surface area contributed by atoms with Crippen molar-refractivity contribution in [2.45, 2.75) is 0 Å². The second kappa shape index (κ2) is 6.34. The molecule has 1 rings (SSSR count). The summed E-state index contributed by atoms with van der Waals surface area (Å²) < 4.78 is 0. The molecule has 1 nitrogen and oxygen atoms in total. The monoisotopic (exact) mass is 106 g/mol. The first-order chi connectivity index (χ1) is 3.39. The molecule has 3 heteroatoms. The van der Waals surface area contributed by atoms with Gasteiger partial charge >= 0.3 is 37.7 Å². The van der Waals surface area contributed by atoms with Crippen molar-refractivity contribution in [1.82, 2.24) is 0 Å². The van der Waals surface area contributed by atoms with Crippen molar-refractivity contribution in [3.8, 4) is 5.75 Å². The van der Waals surface area contributed by atoms with Crippen LogP contribution in [-0.2, 0) is 0 Å². The number of hydrogen-bond acceptors (Lipinski definition) is 1. The SMILES string of the molecule is [Li+].[Li+].[O-]c1cc[c-]cc1. The van der Waals surface area contributed by atoms with Crippen molar-refractivity contribution in [3.05, 3.63) is 30.3 Å². The Labute approximate surface area is 78.8 Å². The van der Waals surface area contributed by atoms with Crippen LogP contribution in [0, 0.1) is 6.07 Å². The number of rotatable bonds is 0. The molecule has 9 heavy (non-hydrogen) atoms. The normalized spacial score (nSPS) is 6.67. The van der Waals surface area contributed by atoms with Crippen LogP contribution in [0.3, 0.4) is 0 Å². The summed E-state index contributed by atoms with van der Waals surface area (Å²) >= 11 is 0. The van der Waals surface area contributed by atoms with Gasteiger partial charge in [-0.3, -0.25) is 0 Å². The fourth-order valence-electron chi connectivity index (χ4n) is 0.372. The van der Waals surface area contributed by atoms with Crippen LogP contribution in [0.4, 0.5) is 0 Å². The predicted octanol–water partition coefficient (Wildman–Crippen LogP) is -5.43. The second-order valence-corrected chi connectivity index (χ2v) is 1.24. The molecule has 0 aliphatic rings. The summed E-state index contributed by atoms with van der Waals surface area (Å²) in [6, 6.07) is 8.88. The minimum Gasteiger partial charge on any atom is -0.891 e. The van der Waals surface area contributed by atoms with Gasteiger partial charge in [-0.15, -0.1) is 0 Å². The third-order valence-corrected chi connectivity index (χ3v) is 0.688. The average Bonchev–Trinajstić information content (AvgIpc) is 1.69. The number of hydrogen-bond donors (Lipinski definition) is 0. The van der Waals surface area contributed by atoms with E-state index in [4.69, 9.17) is 0 Å². The van der Waals surface area contributed by atoms with Crippen LogP contribution in [0.15, 0.2) is 24.3 Å². The van der Waals surface area contributed by atoms with E-state index in [9.17, 15) is 5.11 Å². The first kappa shape index (κ1) is 11.9. The number of benzene rings is 1. The van der Waals surface area contributed by atoms with Gasteiger partial charge < -0.3 is 5.11 Å². The Morgan fingerprint density at radius 2 is 1.56 bits per heavy atom. The van der Waals surface area contributed by atoms with Gasteiger partial charge in [-0.2, -0.15) is 30.3 Å². The molecule has 0 aromatic heterocycles. The van der Waals surface area contributed by atoms with Crippen LogP contribution >= 0.6 is 0 Å². The molecule has 0 N–H and O–H groups in total. The Morgan fingerprint density at radius 1 is 1.11 bits per heavy atom. The molecule has 1 aromatic rings. The summed E-state index contributed by atoms with van der Waals surface area (Å²) in [6.45, 7) is 0. The molecule has 0 spiro atoms. The van der Waals surface area contributed by atoms with E-state index < -0.39 is 0 Å². The van der Waals surface area contributed by atoms with E-state index in [0.717, 1.165) is 0 Å². The predicted molar refractivity (Wildman–Crippen MR) is 24.7 cm³/mol. The third-order valence-electron chi connectivity index (χ3n) is 0.688. The molecule has 0 fully saturated rings. The fourth-order valence-corrected chi connectivity index (χ4v) is 0.372. The zero-order valence-corrected chi connectivity index (χ0v) is 5.72. The van der Waals surface area contributed by atoms with Crippen molar-refractivity contribution >= 4 is 0 Å². The third kappa shape index (κ3) is 4.70. The molecule has 0 atom stereocenters. The van der Waals surface area contributed by atoms with Crippen molar-refractivity contribution < 1.29 is 42.8 Å². The molecule has 0 aliphatic carbocycles. The van der Waals surface area contributed by atoms with Crippen LogP contribution in [-0.4, -0.2) is 0 Å². The van der Waals surface area contributed by atoms with Crippen molar-refractivity contribution in [3.63, 3.8) is 0 Å². The minimum absolute atomic E-state index is 0. The molecule has 1 aromatic carbocycles. The molecular weight excluding hydrogens is 102 g/mol. The summed E-state index contributed by atoms with van der Waals surface area (Å²) in [7, 11) is 0. The fraction of sp³-hybridized carbons (Fsp3) is 0. The summed E-state index contributed by atoms with van der Waals surface area (Å²) in [6.07, 6.45) is 0. The Bertz CT molecular complexity index is 141. The molecule has 0 amide bonds. The maximum atomic E-state index is 10.2. The molecule has 0 saturated heterocycles. The van der Waals surface area contributed by atoms with Crippen LogP contribution in [0.5, 0.6) is 5.75 Å². The standard InChI is InChI=1S/C6H5O.2Li/c7-6-4-2-1-3-5-6;;/h2-5,7H;;/q-1;2*+1/p-1. The Morgan fingerprint density at radius 3 is 1.78 bits per heavy atom. The second-order valence-electron chi connectivity index (χ2n) is 1.24. The van der Waals surface area contributed by atoms with Gasteiger partial charge in [0, 0.05) is 0 Å². The van der Waals surface area contributed by atoms with Crippen LogP contribution < -0.4 is 42.8 Å². The molecular formula is C6H4Li2O. The van der Waals surface area contributed by atoms with Gasteiger partial charge in [0.15, 0.2) is 0 Å². The van der Waals surface area contributed by atoms with Gasteiger partial charge in [-0.05, 0) is 0 Å². The largest absolute Gasteiger partial charge is 1.00 e. The molecule has 0 bridgehead atoms. The molecule has 0 heterocycles. The van der Waals surface area contributed by atoms with Gasteiger partial charge in [0.05, 0.1) is 0 Å². The first-order valence-corrected chi connectivity index (χ1v) is 2.03. The Kier molecular flexibility index (Phi) is 8.41. The van der Waals surface area contributed by atoms with E-state index in [0.29, 0.717) is 0 Å². The van der Waals surface area contributed by atoms with Crippen LogP contribution in [0.25, 0.3) is 0 Å². The van der Waals surface area contributed by atoms with Crippen LogP contribution in [0.1, 0.15) is 0 Å². The van der Waals surface area contributed by atoms with Gasteiger partial charge in [0.1, 0.15) is 0 Å². The quantitative estimate of drug-likeness (QED) is 0.239. The van der Waals surface area contributed by atoms with Gasteiger partial charge in [-0.25, -0.2) is 5.75 Å². The smallest absolute Gasteiger partial charge is 0.891 e. The molecule has 0 saturated carbocycles. The average molecular weight is 106 g/mol.